The van der Waals surface area contributed by atoms with Gasteiger partial charge in [-0.3, -0.25) is 0 Å². The van der Waals surface area contributed by atoms with Gasteiger partial charge in [-0.05, 0) is 93.9 Å². The van der Waals surface area contributed by atoms with E-state index in [2.05, 4.69) is 4.57 Å². The number of rotatable bonds is 7. The van der Waals surface area contributed by atoms with Crippen LogP contribution in [0.1, 0.15) is 16.4 Å². The fourth-order valence-electron chi connectivity index (χ4n) is 6.23. The van der Waals surface area contributed by atoms with Gasteiger partial charge in [0.05, 0.1) is 27.5 Å². The number of fused-ring (bicyclic) bond motifs is 3. The maximum atomic E-state index is 9.54. The van der Waals surface area contributed by atoms with Crippen LogP contribution in [0.15, 0.2) is 206 Å². The lowest BCUT2D eigenvalue weighted by molar-refractivity contribution is 1.18. The molecular weight excluding hydrogens is 605 g/mol. The monoisotopic (exact) mass is 650 g/mol. The third-order valence-electron chi connectivity index (χ3n) is 8.60. The molecule has 0 aliphatic rings. The third-order valence-corrected chi connectivity index (χ3v) is 8.60. The highest BCUT2D eigenvalue weighted by Crippen LogP contribution is 2.38. The van der Waals surface area contributed by atoms with Crippen molar-refractivity contribution in [1.29, 1.82) is 0 Å². The van der Waals surface area contributed by atoms with Gasteiger partial charge in [0.1, 0.15) is 0 Å². The molecule has 0 spiro atoms. The molecule has 9 aromatic rings. The van der Waals surface area contributed by atoms with E-state index in [1.54, 1.807) is 78.9 Å². The summed E-state index contributed by atoms with van der Waals surface area (Å²) in [4.78, 5) is 0.837. The molecule has 0 radical (unpaired) electrons. The van der Waals surface area contributed by atoms with E-state index in [4.69, 9.17) is 5.48 Å². The van der Waals surface area contributed by atoms with Gasteiger partial charge in [0.2, 0.25) is 0 Å². The predicted molar refractivity (Wildman–Crippen MR) is 212 cm³/mol. The Morgan fingerprint density at radius 3 is 1.18 bits per heavy atom. The van der Waals surface area contributed by atoms with Gasteiger partial charge < -0.3 is 9.47 Å². The molecule has 0 aliphatic carbocycles. The van der Waals surface area contributed by atoms with Crippen LogP contribution in [0.5, 0.6) is 0 Å². The summed E-state index contributed by atoms with van der Waals surface area (Å²) in [5, 5.41) is 2.05. The Morgan fingerprint density at radius 2 is 0.720 bits per heavy atom. The van der Waals surface area contributed by atoms with Crippen LogP contribution in [0.2, 0.25) is 0 Å². The van der Waals surface area contributed by atoms with Gasteiger partial charge in [-0.2, -0.15) is 0 Å². The van der Waals surface area contributed by atoms with E-state index in [1.807, 2.05) is 54.6 Å². The van der Waals surface area contributed by atoms with Crippen LogP contribution < -0.4 is 4.90 Å². The van der Waals surface area contributed by atoms with Gasteiger partial charge in [-0.25, -0.2) is 0 Å². The van der Waals surface area contributed by atoms with Crippen molar-refractivity contribution in [3.8, 4) is 39.1 Å². The lowest BCUT2D eigenvalue weighted by atomic mass is 10.0. The maximum absolute atomic E-state index is 9.54. The molecule has 0 fully saturated rings. The Kier molecular flexibility index (Phi) is 4.95. The largest absolute Gasteiger partial charge is 0.311 e. The van der Waals surface area contributed by atoms with Crippen molar-refractivity contribution in [3.05, 3.63) is 206 Å². The number of hydrogen-bond donors (Lipinski definition) is 0. The number of hydrogen-bond acceptors (Lipinski definition) is 1. The van der Waals surface area contributed by atoms with Crippen molar-refractivity contribution < 1.29 is 16.4 Å². The first-order valence-corrected chi connectivity index (χ1v) is 16.1. The summed E-state index contributed by atoms with van der Waals surface area (Å²) in [6, 6.07) is 32.7. The Bertz CT molecular complexity index is 3030. The minimum atomic E-state index is -0.670. The number of anilines is 3. The van der Waals surface area contributed by atoms with Crippen LogP contribution in [0.3, 0.4) is 0 Å². The van der Waals surface area contributed by atoms with Gasteiger partial charge >= 0.3 is 0 Å². The highest BCUT2D eigenvalue weighted by atomic mass is 15.1. The zero-order valence-electron chi connectivity index (χ0n) is 38.6. The molecule has 0 amide bonds. The topological polar surface area (TPSA) is 8.17 Å². The predicted octanol–water partition coefficient (Wildman–Crippen LogP) is 13.3. The summed E-state index contributed by atoms with van der Waals surface area (Å²) < 4.78 is 114. The molecule has 2 nitrogen and oxygen atoms in total. The molecule has 0 saturated carbocycles. The molecule has 0 unspecified atom stereocenters. The van der Waals surface area contributed by atoms with Crippen LogP contribution in [-0.4, -0.2) is 4.57 Å². The zero-order chi connectivity index (χ0) is 43.7. The molecule has 0 bridgehead atoms. The zero-order valence-corrected chi connectivity index (χ0v) is 26.6. The molecule has 0 N–H and O–H groups in total. The Hall–Kier alpha value is -6.64. The highest BCUT2D eigenvalue weighted by molar-refractivity contribution is 6.09. The van der Waals surface area contributed by atoms with Gasteiger partial charge in [0.15, 0.2) is 0 Å². The minimum Gasteiger partial charge on any atom is -0.311 e. The van der Waals surface area contributed by atoms with Crippen LogP contribution >= 0.6 is 0 Å². The van der Waals surface area contributed by atoms with E-state index in [9.17, 15) is 11.0 Å². The number of aromatic nitrogens is 1. The van der Waals surface area contributed by atoms with E-state index in [0.29, 0.717) is 22.4 Å². The molecule has 1 aromatic heterocycles. The fourth-order valence-corrected chi connectivity index (χ4v) is 6.23. The normalized spacial score (nSPS) is 14.6. The summed E-state index contributed by atoms with van der Waals surface area (Å²) >= 11 is 0. The molecule has 9 rings (SSSR count). The second-order valence-corrected chi connectivity index (χ2v) is 11.7. The molecule has 2 heteroatoms. The van der Waals surface area contributed by atoms with Crippen molar-refractivity contribution >= 4 is 38.9 Å². The number of benzene rings is 8. The molecule has 1 heterocycles. The first kappa shape index (κ1) is 19.4. The Labute approximate surface area is 309 Å². The average molecular weight is 651 g/mol. The summed E-state index contributed by atoms with van der Waals surface area (Å²) in [7, 11) is 0. The summed E-state index contributed by atoms with van der Waals surface area (Å²) in [6.45, 7) is 0. The van der Waals surface area contributed by atoms with Crippen molar-refractivity contribution in [3.63, 3.8) is 0 Å². The lowest BCUT2D eigenvalue weighted by Crippen LogP contribution is -2.09. The summed E-state index contributed by atoms with van der Waals surface area (Å²) in [5.41, 5.74) is 1.80. The van der Waals surface area contributed by atoms with Gasteiger partial charge in [-0.15, -0.1) is 0 Å². The molecular formula is C48H34N2. The summed E-state index contributed by atoms with van der Waals surface area (Å²) in [6.07, 6.45) is 0. The van der Waals surface area contributed by atoms with E-state index >= 15 is 0 Å². The van der Waals surface area contributed by atoms with Gasteiger partial charge in [0, 0.05) is 33.5 Å². The van der Waals surface area contributed by atoms with Crippen molar-refractivity contribution in [1.82, 2.24) is 4.57 Å². The summed E-state index contributed by atoms with van der Waals surface area (Å²) in [5.74, 6) is 0. The molecule has 236 valence electrons. The van der Waals surface area contributed by atoms with E-state index < -0.39 is 89.6 Å². The standard InChI is InChI=1S/C48H34N2/c1-3-12-35(13-4-1)37-22-28-41(29-23-37)49(42-30-24-38(25-31-42)36-14-5-2-6-15-36)43-32-26-39(27-33-43)40-16-11-17-44(34-40)50-47-20-9-7-18-45(47)46-19-8-10-21-48(46)50/h1-34H/i22D,23D,24D,25D,26D,27D,28D,29D,30D,31D,32D,33D. The highest BCUT2D eigenvalue weighted by Gasteiger charge is 2.15. The van der Waals surface area contributed by atoms with Gasteiger partial charge in [-0.1, -0.05) is 145 Å². The second kappa shape index (κ2) is 12.8. The SMILES string of the molecule is [2H]c1c([2H])c(N(c2c([2H])c([2H])c(-c3ccccc3)c([2H])c2[2H])c2c([2H])c([2H])c(-c3cccc(-n4c5ccccc5c5ccccc54)c3)c([2H])c2[2H])c([2H])c([2H])c1-c1ccccc1. The van der Waals surface area contributed by atoms with Gasteiger partial charge in [0.25, 0.3) is 0 Å². The van der Waals surface area contributed by atoms with Crippen LogP contribution in [0.4, 0.5) is 17.1 Å². The average Bonchev–Trinajstić information content (AvgIpc) is 3.62. The maximum Gasteiger partial charge on any atom is 0.0645 e. The molecule has 0 saturated heterocycles. The van der Waals surface area contributed by atoms with E-state index in [0.717, 1.165) is 26.7 Å². The number of para-hydroxylation sites is 2. The minimum absolute atomic E-state index is 0.0404. The van der Waals surface area contributed by atoms with Crippen molar-refractivity contribution in [2.45, 2.75) is 0 Å². The second-order valence-electron chi connectivity index (χ2n) is 11.7. The molecule has 0 atom stereocenters. The van der Waals surface area contributed by atoms with E-state index in [1.165, 1.54) is 0 Å². The number of nitrogens with zero attached hydrogens (tertiary/aromatic N) is 2. The third kappa shape index (κ3) is 5.43. The Balaban J connectivity index is 1.32. The van der Waals surface area contributed by atoms with E-state index in [-0.39, 0.29) is 16.7 Å². The first-order chi connectivity index (χ1) is 29.8. The van der Waals surface area contributed by atoms with Crippen molar-refractivity contribution in [2.75, 3.05) is 4.90 Å². The lowest BCUT2D eigenvalue weighted by Gasteiger charge is -2.26. The first-order valence-electron chi connectivity index (χ1n) is 22.1. The Morgan fingerprint density at radius 1 is 0.340 bits per heavy atom. The van der Waals surface area contributed by atoms with Crippen molar-refractivity contribution in [2.24, 2.45) is 0 Å². The molecule has 50 heavy (non-hydrogen) atoms. The quantitative estimate of drug-likeness (QED) is 0.167. The molecule has 8 aromatic carbocycles. The fraction of sp³-hybridized carbons (Fsp3) is 0. The smallest absolute Gasteiger partial charge is 0.0645 e. The van der Waals surface area contributed by atoms with Crippen LogP contribution in [0, 0.1) is 0 Å². The van der Waals surface area contributed by atoms with Crippen LogP contribution in [-0.2, 0) is 0 Å². The van der Waals surface area contributed by atoms with Crippen LogP contribution in [0.25, 0.3) is 60.9 Å². The molecule has 0 aliphatic heterocycles.